The van der Waals surface area contributed by atoms with Crippen molar-refractivity contribution in [1.29, 1.82) is 0 Å². The average molecular weight is 342 g/mol. The highest BCUT2D eigenvalue weighted by atomic mass is 16.7. The number of methoxy groups -OCH3 is 1. The Morgan fingerprint density at radius 1 is 1.16 bits per heavy atom. The SMILES string of the molecule is CCNC(=NCc1ccc(OC)nc1)NCc1ccc2c(c1)OCO2. The van der Waals surface area contributed by atoms with Crippen LogP contribution in [0.15, 0.2) is 41.5 Å². The van der Waals surface area contributed by atoms with Crippen LogP contribution in [-0.4, -0.2) is 31.4 Å². The van der Waals surface area contributed by atoms with Crippen molar-refractivity contribution in [3.63, 3.8) is 0 Å². The van der Waals surface area contributed by atoms with E-state index in [0.717, 1.165) is 35.1 Å². The zero-order valence-electron chi connectivity index (χ0n) is 14.4. The third kappa shape index (κ3) is 4.53. The Balaban J connectivity index is 1.60. The van der Waals surface area contributed by atoms with E-state index in [1.165, 1.54) is 0 Å². The summed E-state index contributed by atoms with van der Waals surface area (Å²) >= 11 is 0. The van der Waals surface area contributed by atoms with Crippen molar-refractivity contribution in [3.05, 3.63) is 47.7 Å². The van der Waals surface area contributed by atoms with Gasteiger partial charge in [0.15, 0.2) is 17.5 Å². The number of ether oxygens (including phenoxy) is 3. The minimum atomic E-state index is 0.284. The van der Waals surface area contributed by atoms with Crippen molar-refractivity contribution in [2.45, 2.75) is 20.0 Å². The minimum Gasteiger partial charge on any atom is -0.481 e. The van der Waals surface area contributed by atoms with Crippen molar-refractivity contribution in [2.24, 2.45) is 4.99 Å². The maximum Gasteiger partial charge on any atom is 0.231 e. The van der Waals surface area contributed by atoms with Crippen molar-refractivity contribution < 1.29 is 14.2 Å². The van der Waals surface area contributed by atoms with Crippen LogP contribution in [0.25, 0.3) is 0 Å². The Bertz CT molecular complexity index is 732. The molecule has 2 aromatic rings. The lowest BCUT2D eigenvalue weighted by Gasteiger charge is -2.11. The van der Waals surface area contributed by atoms with E-state index >= 15 is 0 Å². The van der Waals surface area contributed by atoms with Crippen LogP contribution in [0.4, 0.5) is 0 Å². The summed E-state index contributed by atoms with van der Waals surface area (Å²) in [5.74, 6) is 2.92. The van der Waals surface area contributed by atoms with E-state index in [1.807, 2.05) is 37.3 Å². The molecule has 0 saturated carbocycles. The summed E-state index contributed by atoms with van der Waals surface area (Å²) in [4.78, 5) is 8.77. The molecule has 0 aliphatic carbocycles. The molecule has 2 N–H and O–H groups in total. The monoisotopic (exact) mass is 342 g/mol. The maximum absolute atomic E-state index is 5.40. The summed E-state index contributed by atoms with van der Waals surface area (Å²) in [6.45, 7) is 4.28. The molecular formula is C18H22N4O3. The number of benzene rings is 1. The fourth-order valence-corrected chi connectivity index (χ4v) is 2.37. The molecule has 7 nitrogen and oxygen atoms in total. The fraction of sp³-hybridized carbons (Fsp3) is 0.333. The van der Waals surface area contributed by atoms with Crippen molar-refractivity contribution in [2.75, 3.05) is 20.4 Å². The Morgan fingerprint density at radius 2 is 2.00 bits per heavy atom. The second kappa shape index (κ2) is 8.23. The number of nitrogens with one attached hydrogen (secondary N) is 2. The van der Waals surface area contributed by atoms with Gasteiger partial charge in [-0.25, -0.2) is 9.98 Å². The first-order valence-corrected chi connectivity index (χ1v) is 8.18. The van der Waals surface area contributed by atoms with E-state index in [0.29, 0.717) is 19.0 Å². The molecule has 1 aromatic carbocycles. The largest absolute Gasteiger partial charge is 0.481 e. The molecule has 0 fully saturated rings. The number of hydrogen-bond donors (Lipinski definition) is 2. The van der Waals surface area contributed by atoms with E-state index in [4.69, 9.17) is 14.2 Å². The Kier molecular flexibility index (Phi) is 5.56. The molecule has 0 unspecified atom stereocenters. The number of pyridine rings is 1. The van der Waals surface area contributed by atoms with Crippen molar-refractivity contribution in [3.8, 4) is 17.4 Å². The van der Waals surface area contributed by atoms with Gasteiger partial charge in [-0.3, -0.25) is 0 Å². The first-order chi connectivity index (χ1) is 12.3. The molecule has 0 atom stereocenters. The van der Waals surface area contributed by atoms with E-state index < -0.39 is 0 Å². The third-order valence-corrected chi connectivity index (χ3v) is 3.67. The van der Waals surface area contributed by atoms with E-state index in [2.05, 4.69) is 20.6 Å². The van der Waals surface area contributed by atoms with Crippen LogP contribution in [0.1, 0.15) is 18.1 Å². The van der Waals surface area contributed by atoms with Gasteiger partial charge in [0.25, 0.3) is 0 Å². The highest BCUT2D eigenvalue weighted by Crippen LogP contribution is 2.32. The molecular weight excluding hydrogens is 320 g/mol. The molecule has 1 aliphatic rings. The lowest BCUT2D eigenvalue weighted by atomic mass is 10.2. The van der Waals surface area contributed by atoms with Gasteiger partial charge in [-0.05, 0) is 30.2 Å². The van der Waals surface area contributed by atoms with Gasteiger partial charge in [0.1, 0.15) is 0 Å². The summed E-state index contributed by atoms with van der Waals surface area (Å²) in [7, 11) is 1.60. The smallest absolute Gasteiger partial charge is 0.231 e. The van der Waals surface area contributed by atoms with Gasteiger partial charge in [0.05, 0.1) is 13.7 Å². The van der Waals surface area contributed by atoms with E-state index in [9.17, 15) is 0 Å². The zero-order chi connectivity index (χ0) is 17.5. The zero-order valence-corrected chi connectivity index (χ0v) is 14.4. The Morgan fingerprint density at radius 3 is 2.76 bits per heavy atom. The summed E-state index contributed by atoms with van der Waals surface area (Å²) in [5, 5.41) is 6.55. The molecule has 3 rings (SSSR count). The first kappa shape index (κ1) is 16.9. The number of fused-ring (bicyclic) bond motifs is 1. The average Bonchev–Trinajstić information content (AvgIpc) is 3.12. The van der Waals surface area contributed by atoms with Crippen molar-refractivity contribution >= 4 is 5.96 Å². The molecule has 0 saturated heterocycles. The summed E-state index contributed by atoms with van der Waals surface area (Å²) in [5.41, 5.74) is 2.11. The molecule has 2 heterocycles. The van der Waals surface area contributed by atoms with Gasteiger partial charge < -0.3 is 24.8 Å². The quantitative estimate of drug-likeness (QED) is 0.618. The molecule has 0 amide bonds. The molecule has 132 valence electrons. The van der Waals surface area contributed by atoms with Crippen LogP contribution in [0.2, 0.25) is 0 Å². The number of guanidine groups is 1. The molecule has 0 bridgehead atoms. The van der Waals surface area contributed by atoms with Crippen LogP contribution in [-0.2, 0) is 13.1 Å². The molecule has 25 heavy (non-hydrogen) atoms. The number of hydrogen-bond acceptors (Lipinski definition) is 5. The molecule has 0 spiro atoms. The van der Waals surface area contributed by atoms with E-state index in [1.54, 1.807) is 13.3 Å². The highest BCUT2D eigenvalue weighted by molar-refractivity contribution is 5.79. The summed E-state index contributed by atoms with van der Waals surface area (Å²) in [6.07, 6.45) is 1.77. The third-order valence-electron chi connectivity index (χ3n) is 3.67. The lowest BCUT2D eigenvalue weighted by molar-refractivity contribution is 0.174. The topological polar surface area (TPSA) is 77.0 Å². The summed E-state index contributed by atoms with van der Waals surface area (Å²) in [6, 6.07) is 9.70. The second-order valence-electron chi connectivity index (χ2n) is 5.45. The van der Waals surface area contributed by atoms with Crippen LogP contribution in [0.5, 0.6) is 17.4 Å². The molecule has 1 aliphatic heterocycles. The minimum absolute atomic E-state index is 0.284. The van der Waals surface area contributed by atoms with Crippen LogP contribution >= 0.6 is 0 Å². The van der Waals surface area contributed by atoms with Gasteiger partial charge in [-0.1, -0.05) is 12.1 Å². The van der Waals surface area contributed by atoms with Gasteiger partial charge in [0, 0.05) is 25.4 Å². The maximum atomic E-state index is 5.40. The van der Waals surface area contributed by atoms with Crippen molar-refractivity contribution in [1.82, 2.24) is 15.6 Å². The number of nitrogens with zero attached hydrogens (tertiary/aromatic N) is 2. The Hall–Kier alpha value is -2.96. The fourth-order valence-electron chi connectivity index (χ4n) is 2.37. The van der Waals surface area contributed by atoms with Gasteiger partial charge in [0.2, 0.25) is 12.7 Å². The van der Waals surface area contributed by atoms with Gasteiger partial charge >= 0.3 is 0 Å². The standard InChI is InChI=1S/C18H22N4O3/c1-3-19-18(22-11-14-5-7-17(23-2)20-10-14)21-9-13-4-6-15-16(8-13)25-12-24-15/h4-8,10H,3,9,11-12H2,1-2H3,(H2,19,21,22). The van der Waals surface area contributed by atoms with Crippen LogP contribution in [0, 0.1) is 0 Å². The number of aromatic nitrogens is 1. The van der Waals surface area contributed by atoms with Crippen LogP contribution < -0.4 is 24.8 Å². The van der Waals surface area contributed by atoms with Crippen LogP contribution in [0.3, 0.4) is 0 Å². The predicted molar refractivity (Wildman–Crippen MR) is 95.0 cm³/mol. The summed E-state index contributed by atoms with van der Waals surface area (Å²) < 4.78 is 15.8. The normalized spacial score (nSPS) is 12.8. The first-order valence-electron chi connectivity index (χ1n) is 8.18. The highest BCUT2D eigenvalue weighted by Gasteiger charge is 2.13. The molecule has 1 aromatic heterocycles. The number of rotatable bonds is 6. The molecule has 0 radical (unpaired) electrons. The van der Waals surface area contributed by atoms with E-state index in [-0.39, 0.29) is 6.79 Å². The number of aliphatic imine (C=N–C) groups is 1. The second-order valence-corrected chi connectivity index (χ2v) is 5.45. The van der Waals surface area contributed by atoms with Gasteiger partial charge in [-0.15, -0.1) is 0 Å². The van der Waals surface area contributed by atoms with Gasteiger partial charge in [-0.2, -0.15) is 0 Å². The predicted octanol–water partition coefficient (Wildman–Crippen LogP) is 2.07. The lowest BCUT2D eigenvalue weighted by Crippen LogP contribution is -2.36. The Labute approximate surface area is 147 Å². The molecule has 7 heteroatoms.